The van der Waals surface area contributed by atoms with Gasteiger partial charge in [0.2, 0.25) is 0 Å². The van der Waals surface area contributed by atoms with Crippen molar-refractivity contribution in [2.45, 2.75) is 26.2 Å². The van der Waals surface area contributed by atoms with Gasteiger partial charge in [-0.3, -0.25) is 0 Å². The molecule has 1 aliphatic carbocycles. The van der Waals surface area contributed by atoms with Crippen LogP contribution < -0.4 is 0 Å². The van der Waals surface area contributed by atoms with Crippen LogP contribution in [0.25, 0.3) is 0 Å². The number of hydrogen-bond donors (Lipinski definition) is 0. The van der Waals surface area contributed by atoms with Crippen LogP contribution >= 0.6 is 22.6 Å². The van der Waals surface area contributed by atoms with Crippen LogP contribution in [-0.4, -0.2) is 4.98 Å². The quantitative estimate of drug-likeness (QED) is 0.515. The van der Waals surface area contributed by atoms with E-state index >= 15 is 0 Å². The van der Waals surface area contributed by atoms with Crippen LogP contribution in [0.4, 0.5) is 0 Å². The Balaban J connectivity index is 2.62. The van der Waals surface area contributed by atoms with Gasteiger partial charge in [0.15, 0.2) is 0 Å². The highest BCUT2D eigenvalue weighted by atomic mass is 127. The molecular formula is C9H10IN. The normalized spacial score (nSPS) is 15.1. The standard InChI is InChI=1S/C9H10IN/c1-6-8-4-2-3-7(8)5-11-9(6)10/h5H,2-4H2,1H3. The molecule has 1 aliphatic rings. The number of aromatic nitrogens is 1. The molecule has 1 aromatic heterocycles. The zero-order valence-electron chi connectivity index (χ0n) is 6.52. The summed E-state index contributed by atoms with van der Waals surface area (Å²) in [4.78, 5) is 4.34. The molecule has 0 radical (unpaired) electrons. The van der Waals surface area contributed by atoms with Gasteiger partial charge < -0.3 is 0 Å². The van der Waals surface area contributed by atoms with Crippen molar-refractivity contribution in [3.63, 3.8) is 0 Å². The van der Waals surface area contributed by atoms with Crippen LogP contribution in [0.1, 0.15) is 23.1 Å². The van der Waals surface area contributed by atoms with E-state index in [1.807, 2.05) is 6.20 Å². The minimum Gasteiger partial charge on any atom is -0.250 e. The fourth-order valence-corrected chi connectivity index (χ4v) is 2.16. The molecule has 0 fully saturated rings. The smallest absolute Gasteiger partial charge is 0.104 e. The topological polar surface area (TPSA) is 12.9 Å². The minimum atomic E-state index is 1.17. The van der Waals surface area contributed by atoms with Crippen LogP contribution in [0.15, 0.2) is 6.20 Å². The van der Waals surface area contributed by atoms with Crippen molar-refractivity contribution >= 4 is 22.6 Å². The van der Waals surface area contributed by atoms with E-state index in [2.05, 4.69) is 34.5 Å². The molecule has 0 bridgehead atoms. The number of hydrogen-bond acceptors (Lipinski definition) is 1. The van der Waals surface area contributed by atoms with Gasteiger partial charge in [0.05, 0.1) is 0 Å². The number of rotatable bonds is 0. The lowest BCUT2D eigenvalue weighted by molar-refractivity contribution is 0.909. The van der Waals surface area contributed by atoms with Crippen molar-refractivity contribution < 1.29 is 0 Å². The van der Waals surface area contributed by atoms with Crippen molar-refractivity contribution in [3.05, 3.63) is 26.6 Å². The molecule has 0 saturated heterocycles. The molecule has 0 atom stereocenters. The Morgan fingerprint density at radius 1 is 1.45 bits per heavy atom. The summed E-state index contributed by atoms with van der Waals surface area (Å²) in [5.74, 6) is 0. The Hall–Kier alpha value is -0.120. The van der Waals surface area contributed by atoms with Crippen molar-refractivity contribution in [3.8, 4) is 0 Å². The highest BCUT2D eigenvalue weighted by Gasteiger charge is 2.14. The SMILES string of the molecule is Cc1c(I)ncc2c1CCC2. The summed E-state index contributed by atoms with van der Waals surface area (Å²) >= 11 is 2.31. The van der Waals surface area contributed by atoms with Crippen molar-refractivity contribution in [2.24, 2.45) is 0 Å². The second-order valence-electron chi connectivity index (χ2n) is 3.03. The third-order valence-electron chi connectivity index (χ3n) is 2.36. The Morgan fingerprint density at radius 3 is 3.09 bits per heavy atom. The number of fused-ring (bicyclic) bond motifs is 1. The van der Waals surface area contributed by atoms with Gasteiger partial charge in [0.1, 0.15) is 3.70 Å². The summed E-state index contributed by atoms with van der Waals surface area (Å²) in [6.07, 6.45) is 5.86. The first-order chi connectivity index (χ1) is 5.29. The molecule has 0 N–H and O–H groups in total. The minimum absolute atomic E-state index is 1.17. The molecule has 2 rings (SSSR count). The van der Waals surface area contributed by atoms with E-state index in [0.717, 1.165) is 0 Å². The summed E-state index contributed by atoms with van der Waals surface area (Å²) in [5.41, 5.74) is 4.44. The lowest BCUT2D eigenvalue weighted by Crippen LogP contribution is -1.93. The highest BCUT2D eigenvalue weighted by molar-refractivity contribution is 14.1. The van der Waals surface area contributed by atoms with Crippen molar-refractivity contribution in [1.82, 2.24) is 4.98 Å². The molecule has 1 heterocycles. The third-order valence-corrected chi connectivity index (χ3v) is 3.44. The average molecular weight is 259 g/mol. The molecule has 0 spiro atoms. The van der Waals surface area contributed by atoms with Gasteiger partial charge in [0.25, 0.3) is 0 Å². The monoisotopic (exact) mass is 259 g/mol. The van der Waals surface area contributed by atoms with Gasteiger partial charge in [-0.15, -0.1) is 0 Å². The Morgan fingerprint density at radius 2 is 2.27 bits per heavy atom. The predicted octanol–water partition coefficient (Wildman–Crippen LogP) is 2.48. The first-order valence-corrected chi connectivity index (χ1v) is 5.00. The molecule has 1 nitrogen and oxygen atoms in total. The summed E-state index contributed by atoms with van der Waals surface area (Å²) in [7, 11) is 0. The van der Waals surface area contributed by atoms with Gasteiger partial charge in [-0.25, -0.2) is 4.98 Å². The molecule has 58 valence electrons. The largest absolute Gasteiger partial charge is 0.250 e. The van der Waals surface area contributed by atoms with E-state index in [1.165, 1.54) is 34.1 Å². The molecule has 0 saturated carbocycles. The van der Waals surface area contributed by atoms with E-state index in [9.17, 15) is 0 Å². The maximum Gasteiger partial charge on any atom is 0.104 e. The van der Waals surface area contributed by atoms with Crippen LogP contribution in [-0.2, 0) is 12.8 Å². The average Bonchev–Trinajstić information content (AvgIpc) is 2.45. The third kappa shape index (κ3) is 1.17. The molecule has 0 amide bonds. The summed E-state index contributed by atoms with van der Waals surface area (Å²) in [6.45, 7) is 2.18. The second kappa shape index (κ2) is 2.73. The van der Waals surface area contributed by atoms with Gasteiger partial charge in [-0.1, -0.05) is 0 Å². The van der Waals surface area contributed by atoms with Gasteiger partial charge >= 0.3 is 0 Å². The summed E-state index contributed by atoms with van der Waals surface area (Å²) < 4.78 is 1.17. The van der Waals surface area contributed by atoms with Crippen LogP contribution in [0.5, 0.6) is 0 Å². The number of pyridine rings is 1. The molecule has 2 heteroatoms. The van der Waals surface area contributed by atoms with E-state index in [0.29, 0.717) is 0 Å². The van der Waals surface area contributed by atoms with Gasteiger partial charge in [-0.05, 0) is 65.5 Å². The second-order valence-corrected chi connectivity index (χ2v) is 4.05. The summed E-state index contributed by atoms with van der Waals surface area (Å²) in [5, 5.41) is 0. The molecule has 1 aromatic rings. The zero-order chi connectivity index (χ0) is 7.84. The van der Waals surface area contributed by atoms with E-state index < -0.39 is 0 Å². The Kier molecular flexibility index (Phi) is 1.87. The molecule has 0 unspecified atom stereocenters. The summed E-state index contributed by atoms with van der Waals surface area (Å²) in [6, 6.07) is 0. The van der Waals surface area contributed by atoms with Crippen molar-refractivity contribution in [2.75, 3.05) is 0 Å². The lowest BCUT2D eigenvalue weighted by Gasteiger charge is -2.03. The fourth-order valence-electron chi connectivity index (χ4n) is 1.69. The maximum absolute atomic E-state index is 4.34. The van der Waals surface area contributed by atoms with Gasteiger partial charge in [0, 0.05) is 6.20 Å². The lowest BCUT2D eigenvalue weighted by atomic mass is 10.1. The van der Waals surface area contributed by atoms with Crippen LogP contribution in [0.3, 0.4) is 0 Å². The van der Waals surface area contributed by atoms with E-state index in [-0.39, 0.29) is 0 Å². The van der Waals surface area contributed by atoms with Crippen molar-refractivity contribution in [1.29, 1.82) is 0 Å². The highest BCUT2D eigenvalue weighted by Crippen LogP contribution is 2.26. The first kappa shape index (κ1) is 7.53. The van der Waals surface area contributed by atoms with E-state index in [1.54, 1.807) is 5.56 Å². The maximum atomic E-state index is 4.34. The molecule has 11 heavy (non-hydrogen) atoms. The zero-order valence-corrected chi connectivity index (χ0v) is 8.68. The number of halogens is 1. The molecule has 0 aliphatic heterocycles. The molecular weight excluding hydrogens is 249 g/mol. The Bertz CT molecular complexity index is 294. The Labute approximate surface area is 80.4 Å². The number of aryl methyl sites for hydroxylation is 1. The molecule has 0 aromatic carbocycles. The predicted molar refractivity (Wildman–Crippen MR) is 53.7 cm³/mol. The fraction of sp³-hybridized carbons (Fsp3) is 0.444. The number of nitrogens with zero attached hydrogens (tertiary/aromatic N) is 1. The van der Waals surface area contributed by atoms with Crippen LogP contribution in [0.2, 0.25) is 0 Å². The van der Waals surface area contributed by atoms with Crippen LogP contribution in [0, 0.1) is 10.6 Å². The first-order valence-electron chi connectivity index (χ1n) is 3.92. The van der Waals surface area contributed by atoms with E-state index in [4.69, 9.17) is 0 Å². The van der Waals surface area contributed by atoms with Gasteiger partial charge in [-0.2, -0.15) is 0 Å².